The summed E-state index contributed by atoms with van der Waals surface area (Å²) in [5.41, 5.74) is 5.73. The van der Waals surface area contributed by atoms with E-state index in [4.69, 9.17) is 0 Å². The number of piperidine rings is 1. The Kier molecular flexibility index (Phi) is 2.90. The fourth-order valence-corrected chi connectivity index (χ4v) is 3.42. The molecule has 1 aromatic carbocycles. The zero-order valence-electron chi connectivity index (χ0n) is 11.6. The minimum Gasteiger partial charge on any atom is -0.347 e. The molecule has 0 amide bonds. The Morgan fingerprint density at radius 3 is 2.83 bits per heavy atom. The lowest BCUT2D eigenvalue weighted by molar-refractivity contribution is 0.447. The maximum absolute atomic E-state index is 3.53. The zero-order chi connectivity index (χ0) is 12.7. The molecule has 2 nitrogen and oxygen atoms in total. The highest BCUT2D eigenvalue weighted by Crippen LogP contribution is 2.33. The van der Waals surface area contributed by atoms with Gasteiger partial charge in [0.2, 0.25) is 0 Å². The molecular formula is C16H22N2. The minimum atomic E-state index is 0.677. The van der Waals surface area contributed by atoms with Crippen molar-refractivity contribution in [1.82, 2.24) is 9.88 Å². The second kappa shape index (κ2) is 4.43. The van der Waals surface area contributed by atoms with Crippen LogP contribution in [0.4, 0.5) is 0 Å². The van der Waals surface area contributed by atoms with Gasteiger partial charge >= 0.3 is 0 Å². The van der Waals surface area contributed by atoms with Gasteiger partial charge in [-0.2, -0.15) is 0 Å². The van der Waals surface area contributed by atoms with Crippen molar-refractivity contribution in [2.45, 2.75) is 32.6 Å². The van der Waals surface area contributed by atoms with Crippen molar-refractivity contribution in [3.8, 4) is 0 Å². The molecular weight excluding hydrogens is 220 g/mol. The first-order valence-corrected chi connectivity index (χ1v) is 6.94. The van der Waals surface area contributed by atoms with E-state index < -0.39 is 0 Å². The van der Waals surface area contributed by atoms with Gasteiger partial charge in [0.1, 0.15) is 0 Å². The molecule has 1 unspecified atom stereocenters. The van der Waals surface area contributed by atoms with Gasteiger partial charge in [0.05, 0.1) is 0 Å². The largest absolute Gasteiger partial charge is 0.347 e. The number of aromatic nitrogens is 1. The quantitative estimate of drug-likeness (QED) is 0.812. The van der Waals surface area contributed by atoms with Crippen molar-refractivity contribution >= 4 is 10.9 Å². The third-order valence-corrected chi connectivity index (χ3v) is 4.35. The number of hydrogen-bond donors (Lipinski definition) is 1. The van der Waals surface area contributed by atoms with Crippen LogP contribution in [0.2, 0.25) is 0 Å². The Hall–Kier alpha value is -1.28. The second-order valence-electron chi connectivity index (χ2n) is 5.63. The van der Waals surface area contributed by atoms with Crippen molar-refractivity contribution in [2.75, 3.05) is 13.1 Å². The molecule has 0 saturated carbocycles. The first kappa shape index (κ1) is 11.8. The minimum absolute atomic E-state index is 0.677. The average molecular weight is 242 g/mol. The lowest BCUT2D eigenvalue weighted by atomic mass is 9.93. The molecule has 1 N–H and O–H groups in total. The average Bonchev–Trinajstić information content (AvgIpc) is 2.63. The second-order valence-corrected chi connectivity index (χ2v) is 5.63. The van der Waals surface area contributed by atoms with E-state index in [1.54, 1.807) is 0 Å². The summed E-state index contributed by atoms with van der Waals surface area (Å²) in [4.78, 5) is 0. The number of rotatable bonds is 1. The fourth-order valence-electron chi connectivity index (χ4n) is 3.42. The SMILES string of the molecule is Cc1ccc2c(C)c(C3CCCNC3)n(C)c2c1. The molecule has 3 rings (SSSR count). The highest BCUT2D eigenvalue weighted by atomic mass is 15.0. The maximum atomic E-state index is 3.53. The van der Waals surface area contributed by atoms with Crippen LogP contribution in [-0.4, -0.2) is 17.7 Å². The van der Waals surface area contributed by atoms with E-state index in [2.05, 4.69) is 49.0 Å². The van der Waals surface area contributed by atoms with Crippen LogP contribution in [0.1, 0.15) is 35.6 Å². The van der Waals surface area contributed by atoms with Gasteiger partial charge in [-0.05, 0) is 50.4 Å². The predicted molar refractivity (Wildman–Crippen MR) is 77.2 cm³/mol. The van der Waals surface area contributed by atoms with Crippen LogP contribution in [0.15, 0.2) is 18.2 Å². The Labute approximate surface area is 109 Å². The van der Waals surface area contributed by atoms with Crippen LogP contribution >= 0.6 is 0 Å². The van der Waals surface area contributed by atoms with Crippen LogP contribution in [0.25, 0.3) is 10.9 Å². The summed E-state index contributed by atoms with van der Waals surface area (Å²) < 4.78 is 2.41. The molecule has 1 atom stereocenters. The predicted octanol–water partition coefficient (Wildman–Crippen LogP) is 3.26. The van der Waals surface area contributed by atoms with Gasteiger partial charge in [0.15, 0.2) is 0 Å². The normalized spacial score (nSPS) is 20.5. The smallest absolute Gasteiger partial charge is 0.0485 e. The van der Waals surface area contributed by atoms with E-state index in [1.807, 2.05) is 0 Å². The monoisotopic (exact) mass is 242 g/mol. The summed E-state index contributed by atoms with van der Waals surface area (Å²) >= 11 is 0. The van der Waals surface area contributed by atoms with Crippen LogP contribution in [0, 0.1) is 13.8 Å². The molecule has 2 heteroatoms. The Morgan fingerprint density at radius 1 is 1.28 bits per heavy atom. The number of benzene rings is 1. The summed E-state index contributed by atoms with van der Waals surface area (Å²) in [6.07, 6.45) is 2.61. The molecule has 2 aromatic rings. The van der Waals surface area contributed by atoms with Gasteiger partial charge in [-0.3, -0.25) is 0 Å². The molecule has 0 bridgehead atoms. The highest BCUT2D eigenvalue weighted by Gasteiger charge is 2.22. The first-order valence-electron chi connectivity index (χ1n) is 6.94. The molecule has 96 valence electrons. The lowest BCUT2D eigenvalue weighted by Gasteiger charge is -2.24. The number of hydrogen-bond acceptors (Lipinski definition) is 1. The standard InChI is InChI=1S/C16H22N2/c1-11-6-7-14-12(2)16(18(3)15(14)9-11)13-5-4-8-17-10-13/h6-7,9,13,17H,4-5,8,10H2,1-3H3. The summed E-state index contributed by atoms with van der Waals surface area (Å²) in [6, 6.07) is 6.81. The van der Waals surface area contributed by atoms with E-state index in [1.165, 1.54) is 47.1 Å². The van der Waals surface area contributed by atoms with Gasteiger partial charge in [0.25, 0.3) is 0 Å². The third kappa shape index (κ3) is 1.76. The van der Waals surface area contributed by atoms with Gasteiger partial charge < -0.3 is 9.88 Å². The van der Waals surface area contributed by atoms with Gasteiger partial charge in [-0.15, -0.1) is 0 Å². The Balaban J connectivity index is 2.16. The highest BCUT2D eigenvalue weighted by molar-refractivity contribution is 5.86. The van der Waals surface area contributed by atoms with E-state index in [-0.39, 0.29) is 0 Å². The van der Waals surface area contributed by atoms with E-state index in [0.29, 0.717) is 5.92 Å². The number of aryl methyl sites for hydroxylation is 3. The van der Waals surface area contributed by atoms with Crippen molar-refractivity contribution in [1.29, 1.82) is 0 Å². The molecule has 1 aliphatic heterocycles. The van der Waals surface area contributed by atoms with Crippen LogP contribution in [0.3, 0.4) is 0 Å². The van der Waals surface area contributed by atoms with Gasteiger partial charge in [0, 0.05) is 36.1 Å². The topological polar surface area (TPSA) is 17.0 Å². The van der Waals surface area contributed by atoms with Crippen molar-refractivity contribution in [3.05, 3.63) is 35.0 Å². The van der Waals surface area contributed by atoms with Crippen molar-refractivity contribution < 1.29 is 0 Å². The van der Waals surface area contributed by atoms with E-state index in [9.17, 15) is 0 Å². The maximum Gasteiger partial charge on any atom is 0.0485 e. The Bertz CT molecular complexity index is 574. The van der Waals surface area contributed by atoms with Gasteiger partial charge in [-0.1, -0.05) is 12.1 Å². The summed E-state index contributed by atoms with van der Waals surface area (Å²) in [5, 5.41) is 4.95. The van der Waals surface area contributed by atoms with Crippen molar-refractivity contribution in [3.63, 3.8) is 0 Å². The number of nitrogens with zero attached hydrogens (tertiary/aromatic N) is 1. The van der Waals surface area contributed by atoms with E-state index in [0.717, 1.165) is 6.54 Å². The Morgan fingerprint density at radius 2 is 2.11 bits per heavy atom. The zero-order valence-corrected chi connectivity index (χ0v) is 11.6. The fraction of sp³-hybridized carbons (Fsp3) is 0.500. The van der Waals surface area contributed by atoms with Crippen LogP contribution < -0.4 is 5.32 Å². The molecule has 1 fully saturated rings. The van der Waals surface area contributed by atoms with Crippen LogP contribution in [-0.2, 0) is 7.05 Å². The van der Waals surface area contributed by atoms with E-state index >= 15 is 0 Å². The van der Waals surface area contributed by atoms with Gasteiger partial charge in [-0.25, -0.2) is 0 Å². The molecule has 0 aliphatic carbocycles. The molecule has 0 radical (unpaired) electrons. The molecule has 1 aliphatic rings. The summed E-state index contributed by atoms with van der Waals surface area (Å²) in [5.74, 6) is 0.677. The molecule has 2 heterocycles. The number of fused-ring (bicyclic) bond motifs is 1. The molecule has 1 aromatic heterocycles. The first-order chi connectivity index (χ1) is 8.68. The summed E-state index contributed by atoms with van der Waals surface area (Å²) in [7, 11) is 2.22. The summed E-state index contributed by atoms with van der Waals surface area (Å²) in [6.45, 7) is 6.76. The number of nitrogens with one attached hydrogen (secondary N) is 1. The lowest BCUT2D eigenvalue weighted by Crippen LogP contribution is -2.29. The van der Waals surface area contributed by atoms with Crippen LogP contribution in [0.5, 0.6) is 0 Å². The molecule has 0 spiro atoms. The van der Waals surface area contributed by atoms with Crippen molar-refractivity contribution in [2.24, 2.45) is 7.05 Å². The third-order valence-electron chi connectivity index (χ3n) is 4.35. The molecule has 18 heavy (non-hydrogen) atoms. The molecule has 1 saturated heterocycles.